The fraction of sp³-hybridized carbons (Fsp3) is 0.211. The van der Waals surface area contributed by atoms with E-state index in [0.717, 1.165) is 5.56 Å². The van der Waals surface area contributed by atoms with Gasteiger partial charge in [-0.2, -0.15) is 5.10 Å². The zero-order chi connectivity index (χ0) is 18.7. The number of nitrogens with zero attached hydrogens (tertiary/aromatic N) is 1. The molecule has 7 nitrogen and oxygen atoms in total. The van der Waals surface area contributed by atoms with Crippen molar-refractivity contribution in [1.82, 2.24) is 15.5 Å². The Bertz CT molecular complexity index is 1010. The highest BCUT2D eigenvalue weighted by molar-refractivity contribution is 6.04. The van der Waals surface area contributed by atoms with Crippen LogP contribution in [0.2, 0.25) is 0 Å². The first kappa shape index (κ1) is 17.5. The number of aromatic amines is 1. The average Bonchev–Trinajstić information content (AvgIpc) is 2.67. The maximum Gasteiger partial charge on any atom is 0.272 e. The van der Waals surface area contributed by atoms with E-state index < -0.39 is 5.91 Å². The molecule has 0 saturated heterocycles. The van der Waals surface area contributed by atoms with Crippen LogP contribution in [0, 0.1) is 0 Å². The number of methoxy groups -OCH3 is 2. The van der Waals surface area contributed by atoms with Crippen LogP contribution < -0.4 is 20.3 Å². The van der Waals surface area contributed by atoms with E-state index in [1.54, 1.807) is 50.6 Å². The number of hydrogen-bond acceptors (Lipinski definition) is 5. The number of carbonyl (C=O) groups is 1. The molecule has 134 valence electrons. The van der Waals surface area contributed by atoms with Crippen LogP contribution in [0.5, 0.6) is 11.5 Å². The standard InChI is InChI=1S/C19H19N3O4/c1-11(15-10-12(25-2)8-9-16(15)26-3)20-19(24)17-13-6-4-5-7-14(13)18(23)22-21-17/h4-11H,1-3H3,(H,20,24)(H,22,23)/t11-/m0/s1. The van der Waals surface area contributed by atoms with Gasteiger partial charge in [0.25, 0.3) is 11.5 Å². The lowest BCUT2D eigenvalue weighted by Crippen LogP contribution is -2.29. The van der Waals surface area contributed by atoms with Gasteiger partial charge in [0.2, 0.25) is 0 Å². The van der Waals surface area contributed by atoms with Crippen LogP contribution in [0.25, 0.3) is 10.8 Å². The smallest absolute Gasteiger partial charge is 0.272 e. The second-order valence-corrected chi connectivity index (χ2v) is 5.75. The summed E-state index contributed by atoms with van der Waals surface area (Å²) in [6.45, 7) is 1.84. The van der Waals surface area contributed by atoms with Crippen molar-refractivity contribution in [3.8, 4) is 11.5 Å². The van der Waals surface area contributed by atoms with Gasteiger partial charge in [0, 0.05) is 10.9 Å². The fourth-order valence-electron chi connectivity index (χ4n) is 2.81. The number of carbonyl (C=O) groups excluding carboxylic acids is 1. The molecule has 1 atom stereocenters. The quantitative estimate of drug-likeness (QED) is 0.735. The van der Waals surface area contributed by atoms with Gasteiger partial charge < -0.3 is 14.8 Å². The van der Waals surface area contributed by atoms with Gasteiger partial charge in [-0.05, 0) is 31.2 Å². The summed E-state index contributed by atoms with van der Waals surface area (Å²) in [5, 5.41) is 10.1. The second kappa shape index (κ2) is 7.26. The molecule has 26 heavy (non-hydrogen) atoms. The molecule has 0 spiro atoms. The maximum atomic E-state index is 12.7. The minimum absolute atomic E-state index is 0.161. The third-order valence-corrected chi connectivity index (χ3v) is 4.16. The van der Waals surface area contributed by atoms with E-state index in [2.05, 4.69) is 15.5 Å². The Hall–Kier alpha value is -3.35. The van der Waals surface area contributed by atoms with E-state index >= 15 is 0 Å². The van der Waals surface area contributed by atoms with Crippen molar-refractivity contribution in [2.45, 2.75) is 13.0 Å². The number of ether oxygens (including phenoxy) is 2. The molecule has 0 fully saturated rings. The van der Waals surface area contributed by atoms with Gasteiger partial charge in [-0.3, -0.25) is 9.59 Å². The molecule has 0 bridgehead atoms. The molecule has 0 unspecified atom stereocenters. The summed E-state index contributed by atoms with van der Waals surface area (Å²) in [4.78, 5) is 24.6. The zero-order valence-corrected chi connectivity index (χ0v) is 14.7. The van der Waals surface area contributed by atoms with Crippen LogP contribution in [-0.4, -0.2) is 30.3 Å². The SMILES string of the molecule is COc1ccc(OC)c([C@H](C)NC(=O)c2n[nH]c(=O)c3ccccc23)c1. The normalized spacial score (nSPS) is 11.8. The molecule has 0 saturated carbocycles. The summed E-state index contributed by atoms with van der Waals surface area (Å²) in [6, 6.07) is 11.9. The Morgan fingerprint density at radius 1 is 1.12 bits per heavy atom. The molecule has 7 heteroatoms. The maximum absolute atomic E-state index is 12.7. The molecule has 0 aliphatic carbocycles. The highest BCUT2D eigenvalue weighted by Gasteiger charge is 2.19. The number of nitrogens with one attached hydrogen (secondary N) is 2. The third kappa shape index (κ3) is 3.23. The second-order valence-electron chi connectivity index (χ2n) is 5.75. The molecule has 3 rings (SSSR count). The van der Waals surface area contributed by atoms with Crippen LogP contribution in [0.1, 0.15) is 29.0 Å². The molecule has 0 aliphatic rings. The predicted molar refractivity (Wildman–Crippen MR) is 97.8 cm³/mol. The van der Waals surface area contributed by atoms with E-state index in [1.165, 1.54) is 0 Å². The van der Waals surface area contributed by atoms with Crippen molar-refractivity contribution in [3.63, 3.8) is 0 Å². The van der Waals surface area contributed by atoms with Crippen LogP contribution >= 0.6 is 0 Å². The molecular formula is C19H19N3O4. The van der Waals surface area contributed by atoms with E-state index in [0.29, 0.717) is 22.3 Å². The Morgan fingerprint density at radius 2 is 1.85 bits per heavy atom. The van der Waals surface area contributed by atoms with Crippen molar-refractivity contribution in [2.24, 2.45) is 0 Å². The van der Waals surface area contributed by atoms with E-state index in [-0.39, 0.29) is 17.3 Å². The molecular weight excluding hydrogens is 334 g/mol. The topological polar surface area (TPSA) is 93.3 Å². The lowest BCUT2D eigenvalue weighted by molar-refractivity contribution is 0.0935. The van der Waals surface area contributed by atoms with Gasteiger partial charge >= 0.3 is 0 Å². The van der Waals surface area contributed by atoms with Crippen LogP contribution in [0.15, 0.2) is 47.3 Å². The Labute approximate surface area is 150 Å². The fourth-order valence-corrected chi connectivity index (χ4v) is 2.81. The number of fused-ring (bicyclic) bond motifs is 1. The number of amides is 1. The van der Waals surface area contributed by atoms with E-state index in [9.17, 15) is 9.59 Å². The Balaban J connectivity index is 1.94. The van der Waals surface area contributed by atoms with Crippen molar-refractivity contribution < 1.29 is 14.3 Å². The van der Waals surface area contributed by atoms with Crippen LogP contribution in [0.3, 0.4) is 0 Å². The first-order valence-corrected chi connectivity index (χ1v) is 8.05. The van der Waals surface area contributed by atoms with Gasteiger partial charge in [-0.1, -0.05) is 18.2 Å². The van der Waals surface area contributed by atoms with Gasteiger partial charge in [-0.25, -0.2) is 5.10 Å². The molecule has 0 aliphatic heterocycles. The monoisotopic (exact) mass is 353 g/mol. The number of rotatable bonds is 5. The minimum atomic E-state index is -0.394. The largest absolute Gasteiger partial charge is 0.497 e. The summed E-state index contributed by atoms with van der Waals surface area (Å²) >= 11 is 0. The van der Waals surface area contributed by atoms with Crippen LogP contribution in [0.4, 0.5) is 0 Å². The highest BCUT2D eigenvalue weighted by Crippen LogP contribution is 2.29. The number of H-pyrrole nitrogens is 1. The lowest BCUT2D eigenvalue weighted by atomic mass is 10.1. The molecule has 1 aromatic heterocycles. The first-order valence-electron chi connectivity index (χ1n) is 8.05. The average molecular weight is 353 g/mol. The van der Waals surface area contributed by atoms with Crippen molar-refractivity contribution >= 4 is 16.7 Å². The Morgan fingerprint density at radius 3 is 2.54 bits per heavy atom. The van der Waals surface area contributed by atoms with E-state index in [4.69, 9.17) is 9.47 Å². The molecule has 0 radical (unpaired) electrons. The Kier molecular flexibility index (Phi) is 4.88. The molecule has 2 N–H and O–H groups in total. The van der Waals surface area contributed by atoms with E-state index in [1.807, 2.05) is 13.0 Å². The van der Waals surface area contributed by atoms with Gasteiger partial charge in [0.15, 0.2) is 5.69 Å². The number of aromatic nitrogens is 2. The summed E-state index contributed by atoms with van der Waals surface area (Å²) in [5.41, 5.74) is 0.600. The third-order valence-electron chi connectivity index (χ3n) is 4.16. The highest BCUT2D eigenvalue weighted by atomic mass is 16.5. The van der Waals surface area contributed by atoms with Crippen molar-refractivity contribution in [1.29, 1.82) is 0 Å². The summed E-state index contributed by atoms with van der Waals surface area (Å²) < 4.78 is 10.6. The first-order chi connectivity index (χ1) is 12.5. The molecule has 2 aromatic carbocycles. The van der Waals surface area contributed by atoms with Crippen LogP contribution in [-0.2, 0) is 0 Å². The number of benzene rings is 2. The zero-order valence-electron chi connectivity index (χ0n) is 14.7. The minimum Gasteiger partial charge on any atom is -0.497 e. The lowest BCUT2D eigenvalue weighted by Gasteiger charge is -2.18. The van der Waals surface area contributed by atoms with Crippen molar-refractivity contribution in [2.75, 3.05) is 14.2 Å². The summed E-state index contributed by atoms with van der Waals surface area (Å²) in [7, 11) is 3.14. The van der Waals surface area contributed by atoms with Gasteiger partial charge in [0.05, 0.1) is 25.6 Å². The number of hydrogen-bond donors (Lipinski definition) is 2. The van der Waals surface area contributed by atoms with Crippen molar-refractivity contribution in [3.05, 3.63) is 64.1 Å². The molecule has 1 heterocycles. The summed E-state index contributed by atoms with van der Waals surface area (Å²) in [6.07, 6.45) is 0. The van der Waals surface area contributed by atoms with Gasteiger partial charge in [-0.15, -0.1) is 0 Å². The predicted octanol–water partition coefficient (Wildman–Crippen LogP) is 2.43. The molecule has 1 amide bonds. The molecule has 3 aromatic rings. The van der Waals surface area contributed by atoms with Gasteiger partial charge in [0.1, 0.15) is 11.5 Å². The summed E-state index contributed by atoms with van der Waals surface area (Å²) in [5.74, 6) is 0.905.